The summed E-state index contributed by atoms with van der Waals surface area (Å²) in [6.45, 7) is 3.38. The number of nitrogens with two attached hydrogens (primary N) is 2. The molecule has 29 heavy (non-hydrogen) atoms. The number of nitrogens with one attached hydrogen (secondary N) is 2. The van der Waals surface area contributed by atoms with Crippen LogP contribution in [0.5, 0.6) is 0 Å². The van der Waals surface area contributed by atoms with Gasteiger partial charge in [0.1, 0.15) is 6.04 Å². The van der Waals surface area contributed by atoms with E-state index < -0.39 is 12.1 Å². The van der Waals surface area contributed by atoms with Crippen molar-refractivity contribution < 1.29 is 9.59 Å². The highest BCUT2D eigenvalue weighted by Gasteiger charge is 2.22. The number of carbonyl (C=O) groups is 2. The molecule has 0 aliphatic heterocycles. The molecule has 6 N–H and O–H groups in total. The van der Waals surface area contributed by atoms with Crippen LogP contribution in [0.4, 0.5) is 0 Å². The lowest BCUT2D eigenvalue weighted by Crippen LogP contribution is -2.52. The average Bonchev–Trinajstić information content (AvgIpc) is 2.73. The topological polar surface area (TPSA) is 110 Å². The van der Waals surface area contributed by atoms with Crippen molar-refractivity contribution in [3.05, 3.63) is 0 Å². The Morgan fingerprint density at radius 3 is 1.83 bits per heavy atom. The maximum Gasteiger partial charge on any atom is 0.243 e. The minimum Gasteiger partial charge on any atom is -0.354 e. The van der Waals surface area contributed by atoms with Crippen molar-refractivity contribution in [1.82, 2.24) is 10.6 Å². The summed E-state index contributed by atoms with van der Waals surface area (Å²) in [6.07, 6.45) is 16.7. The van der Waals surface area contributed by atoms with Crippen molar-refractivity contribution in [2.24, 2.45) is 11.5 Å². The zero-order chi connectivity index (χ0) is 21.7. The first-order valence-corrected chi connectivity index (χ1v) is 12.3. The van der Waals surface area contributed by atoms with Gasteiger partial charge in [-0.3, -0.25) is 9.59 Å². The lowest BCUT2D eigenvalue weighted by Gasteiger charge is -2.19. The second-order valence-corrected chi connectivity index (χ2v) is 8.33. The van der Waals surface area contributed by atoms with Gasteiger partial charge in [-0.2, -0.15) is 12.6 Å². The summed E-state index contributed by atoms with van der Waals surface area (Å²) in [5, 5.41) is 5.57. The zero-order valence-electron chi connectivity index (χ0n) is 18.6. The van der Waals surface area contributed by atoms with Gasteiger partial charge in [-0.15, -0.1) is 0 Å². The Hall–Kier alpha value is -0.790. The van der Waals surface area contributed by atoms with Gasteiger partial charge < -0.3 is 22.1 Å². The average molecular weight is 431 g/mol. The fourth-order valence-corrected chi connectivity index (χ4v) is 3.50. The van der Waals surface area contributed by atoms with Crippen LogP contribution in [0.25, 0.3) is 0 Å². The fraction of sp³-hybridized carbons (Fsp3) is 0.909. The van der Waals surface area contributed by atoms with E-state index in [1.807, 2.05) is 0 Å². The van der Waals surface area contributed by atoms with E-state index in [2.05, 4.69) is 30.2 Å². The van der Waals surface area contributed by atoms with Crippen LogP contribution in [0.1, 0.15) is 96.8 Å². The molecule has 0 saturated heterocycles. The molecule has 7 heteroatoms. The molecule has 2 unspecified atom stereocenters. The Balaban J connectivity index is 3.66. The molecular formula is C22H46N4O2S. The molecule has 172 valence electrons. The summed E-state index contributed by atoms with van der Waals surface area (Å²) < 4.78 is 0. The molecule has 0 fully saturated rings. The molecule has 0 heterocycles. The maximum atomic E-state index is 12.2. The molecule has 0 radical (unpaired) electrons. The SMILES string of the molecule is CCCCCCCCCCCCCCNC(=O)C(CS)NC(=O)C(N)CCCN. The van der Waals surface area contributed by atoms with Crippen molar-refractivity contribution in [1.29, 1.82) is 0 Å². The summed E-state index contributed by atoms with van der Waals surface area (Å²) in [5.74, 6) is -0.264. The van der Waals surface area contributed by atoms with Crippen molar-refractivity contribution in [3.8, 4) is 0 Å². The Kier molecular flexibility index (Phi) is 19.9. The zero-order valence-corrected chi connectivity index (χ0v) is 19.5. The minimum absolute atomic E-state index is 0.192. The molecule has 6 nitrogen and oxygen atoms in total. The maximum absolute atomic E-state index is 12.2. The Morgan fingerprint density at radius 2 is 1.34 bits per heavy atom. The van der Waals surface area contributed by atoms with Crippen molar-refractivity contribution in [2.75, 3.05) is 18.8 Å². The number of amides is 2. The fourth-order valence-electron chi connectivity index (χ4n) is 3.24. The van der Waals surface area contributed by atoms with Crippen LogP contribution in [0.3, 0.4) is 0 Å². The number of hydrogen-bond donors (Lipinski definition) is 5. The van der Waals surface area contributed by atoms with Gasteiger partial charge in [0.05, 0.1) is 6.04 Å². The van der Waals surface area contributed by atoms with Gasteiger partial charge in [-0.1, -0.05) is 77.6 Å². The predicted octanol–water partition coefficient (Wildman–Crippen LogP) is 3.28. The van der Waals surface area contributed by atoms with Gasteiger partial charge in [0.25, 0.3) is 0 Å². The quantitative estimate of drug-likeness (QED) is 0.151. The van der Waals surface area contributed by atoms with Crippen LogP contribution in [-0.2, 0) is 9.59 Å². The van der Waals surface area contributed by atoms with Crippen LogP contribution in [0, 0.1) is 0 Å². The van der Waals surface area contributed by atoms with Crippen LogP contribution >= 0.6 is 12.6 Å². The molecule has 0 bridgehead atoms. The Labute approximate surface area is 184 Å². The third-order valence-corrected chi connectivity index (χ3v) is 5.57. The molecule has 0 spiro atoms. The number of unbranched alkanes of at least 4 members (excludes halogenated alkanes) is 11. The van der Waals surface area contributed by atoms with Gasteiger partial charge in [-0.25, -0.2) is 0 Å². The van der Waals surface area contributed by atoms with Crippen molar-refractivity contribution >= 4 is 24.4 Å². The molecule has 0 saturated carbocycles. The highest BCUT2D eigenvalue weighted by molar-refractivity contribution is 7.80. The van der Waals surface area contributed by atoms with E-state index in [-0.39, 0.29) is 17.6 Å². The molecule has 2 atom stereocenters. The number of hydrogen-bond acceptors (Lipinski definition) is 5. The molecule has 0 aromatic carbocycles. The summed E-state index contributed by atoms with van der Waals surface area (Å²) in [6, 6.07) is -1.28. The van der Waals surface area contributed by atoms with Gasteiger partial charge in [0, 0.05) is 12.3 Å². The highest BCUT2D eigenvalue weighted by Crippen LogP contribution is 2.11. The summed E-state index contributed by atoms with van der Waals surface area (Å²) in [4.78, 5) is 24.2. The van der Waals surface area contributed by atoms with Crippen LogP contribution in [-0.4, -0.2) is 42.7 Å². The van der Waals surface area contributed by atoms with Crippen LogP contribution in [0.2, 0.25) is 0 Å². The molecule has 0 aliphatic rings. The van der Waals surface area contributed by atoms with Gasteiger partial charge >= 0.3 is 0 Å². The first-order valence-electron chi connectivity index (χ1n) is 11.7. The van der Waals surface area contributed by atoms with Crippen LogP contribution < -0.4 is 22.1 Å². The summed E-state index contributed by atoms with van der Waals surface area (Å²) in [7, 11) is 0. The lowest BCUT2D eigenvalue weighted by atomic mass is 10.1. The second-order valence-electron chi connectivity index (χ2n) is 7.96. The second kappa shape index (κ2) is 20.5. The number of thiol groups is 1. The monoisotopic (exact) mass is 430 g/mol. The van der Waals surface area contributed by atoms with E-state index in [4.69, 9.17) is 11.5 Å². The molecule has 0 aromatic rings. The van der Waals surface area contributed by atoms with Crippen molar-refractivity contribution in [2.45, 2.75) is 109 Å². The Morgan fingerprint density at radius 1 is 0.828 bits per heavy atom. The van der Waals surface area contributed by atoms with E-state index in [0.717, 1.165) is 12.8 Å². The Bertz CT molecular complexity index is 410. The van der Waals surface area contributed by atoms with Gasteiger partial charge in [0.15, 0.2) is 0 Å². The van der Waals surface area contributed by atoms with E-state index in [1.165, 1.54) is 64.2 Å². The molecule has 2 amide bonds. The normalized spacial score (nSPS) is 13.1. The smallest absolute Gasteiger partial charge is 0.243 e. The third-order valence-electron chi connectivity index (χ3n) is 5.20. The third kappa shape index (κ3) is 16.7. The highest BCUT2D eigenvalue weighted by atomic mass is 32.1. The van der Waals surface area contributed by atoms with E-state index in [1.54, 1.807) is 0 Å². The minimum atomic E-state index is -0.646. The predicted molar refractivity (Wildman–Crippen MR) is 126 cm³/mol. The van der Waals surface area contributed by atoms with E-state index in [0.29, 0.717) is 25.9 Å². The van der Waals surface area contributed by atoms with Crippen LogP contribution in [0.15, 0.2) is 0 Å². The lowest BCUT2D eigenvalue weighted by molar-refractivity contribution is -0.129. The molecule has 0 aromatic heterocycles. The summed E-state index contributed by atoms with van der Waals surface area (Å²) >= 11 is 4.17. The van der Waals surface area contributed by atoms with Gasteiger partial charge in [0.2, 0.25) is 11.8 Å². The summed E-state index contributed by atoms with van der Waals surface area (Å²) in [5.41, 5.74) is 11.2. The first kappa shape index (κ1) is 28.2. The van der Waals surface area contributed by atoms with E-state index in [9.17, 15) is 9.59 Å². The molecule has 0 aliphatic carbocycles. The first-order chi connectivity index (χ1) is 14.1. The molecular weight excluding hydrogens is 384 g/mol. The number of carbonyl (C=O) groups excluding carboxylic acids is 2. The van der Waals surface area contributed by atoms with Crippen molar-refractivity contribution in [3.63, 3.8) is 0 Å². The van der Waals surface area contributed by atoms with Gasteiger partial charge in [-0.05, 0) is 25.8 Å². The molecule has 0 rings (SSSR count). The largest absolute Gasteiger partial charge is 0.354 e. The van der Waals surface area contributed by atoms with E-state index >= 15 is 0 Å². The standard InChI is InChI=1S/C22H46N4O2S/c1-2-3-4-5-6-7-8-9-10-11-12-13-17-25-22(28)20(18-29)26-21(27)19(24)15-14-16-23/h19-20,29H,2-18,23-24H2,1H3,(H,25,28)(H,26,27). The number of rotatable bonds is 20.